The Bertz CT molecular complexity index is 790. The first kappa shape index (κ1) is 14.8. The molecule has 0 amide bonds. The summed E-state index contributed by atoms with van der Waals surface area (Å²) in [4.78, 5) is 5.80. The van der Waals surface area contributed by atoms with E-state index in [0.717, 1.165) is 37.9 Å². The van der Waals surface area contributed by atoms with Gasteiger partial charge in [0.1, 0.15) is 5.01 Å². The summed E-state index contributed by atoms with van der Waals surface area (Å²) in [7, 11) is 0. The Kier molecular flexibility index (Phi) is 4.35. The van der Waals surface area contributed by atoms with E-state index in [4.69, 9.17) is 4.74 Å². The smallest absolute Gasteiger partial charge is 0.108 e. The molecular formula is C18H19N3OS. The fourth-order valence-corrected chi connectivity index (χ4v) is 3.75. The van der Waals surface area contributed by atoms with E-state index in [1.165, 1.54) is 21.2 Å². The number of nitrogens with zero attached hydrogens (tertiary/aromatic N) is 2. The molecular weight excluding hydrogens is 306 g/mol. The van der Waals surface area contributed by atoms with E-state index in [9.17, 15) is 0 Å². The minimum atomic E-state index is 0.773. The van der Waals surface area contributed by atoms with E-state index in [0.29, 0.717) is 0 Å². The maximum absolute atomic E-state index is 5.36. The van der Waals surface area contributed by atoms with E-state index in [1.54, 1.807) is 11.3 Å². The first-order chi connectivity index (χ1) is 11.4. The Labute approximate surface area is 139 Å². The van der Waals surface area contributed by atoms with Crippen molar-refractivity contribution >= 4 is 22.1 Å². The minimum absolute atomic E-state index is 0.773. The number of benzene rings is 2. The summed E-state index contributed by atoms with van der Waals surface area (Å²) >= 11 is 1.76. The molecule has 0 radical (unpaired) electrons. The molecule has 2 heterocycles. The van der Waals surface area contributed by atoms with Gasteiger partial charge in [0, 0.05) is 24.8 Å². The monoisotopic (exact) mass is 325 g/mol. The van der Waals surface area contributed by atoms with Crippen molar-refractivity contribution in [3.05, 3.63) is 53.7 Å². The van der Waals surface area contributed by atoms with E-state index in [2.05, 4.69) is 57.9 Å². The summed E-state index contributed by atoms with van der Waals surface area (Å²) < 4.78 is 5.36. The third-order valence-electron chi connectivity index (χ3n) is 4.07. The molecule has 0 unspecified atom stereocenters. The summed E-state index contributed by atoms with van der Waals surface area (Å²) in [6.45, 7) is 4.23. The summed E-state index contributed by atoms with van der Waals surface area (Å²) in [5.41, 5.74) is 4.70. The normalized spacial score (nSPS) is 16.0. The van der Waals surface area contributed by atoms with Crippen molar-refractivity contribution in [2.24, 2.45) is 0 Å². The lowest BCUT2D eigenvalue weighted by Gasteiger charge is -2.26. The SMILES string of the molecule is c1ccc2c(-c3cnc(CNN4CCOCC4)s3)cccc2c1. The number of nitrogens with one attached hydrogen (secondary N) is 1. The third-order valence-corrected chi connectivity index (χ3v) is 5.10. The number of hydrogen-bond acceptors (Lipinski definition) is 5. The van der Waals surface area contributed by atoms with Crippen LogP contribution in [-0.2, 0) is 11.3 Å². The van der Waals surface area contributed by atoms with Crippen molar-refractivity contribution in [2.75, 3.05) is 26.3 Å². The standard InChI is InChI=1S/C18H19N3OS/c1-2-6-15-14(4-1)5-3-7-16(15)17-12-19-18(23-17)13-20-21-8-10-22-11-9-21/h1-7,12,20H,8-11,13H2. The molecule has 23 heavy (non-hydrogen) atoms. The van der Waals surface area contributed by atoms with Crippen LogP contribution in [0, 0.1) is 0 Å². The van der Waals surface area contributed by atoms with Gasteiger partial charge in [-0.3, -0.25) is 0 Å². The van der Waals surface area contributed by atoms with Crippen molar-refractivity contribution in [3.63, 3.8) is 0 Å². The quantitative estimate of drug-likeness (QED) is 0.799. The summed E-state index contributed by atoms with van der Waals surface area (Å²) in [5, 5.41) is 5.87. The van der Waals surface area contributed by atoms with Crippen LogP contribution in [-0.4, -0.2) is 36.3 Å². The number of ether oxygens (including phenoxy) is 1. The topological polar surface area (TPSA) is 37.4 Å². The summed E-state index contributed by atoms with van der Waals surface area (Å²) in [6.07, 6.45) is 1.99. The Hall–Kier alpha value is -1.79. The highest BCUT2D eigenvalue weighted by molar-refractivity contribution is 7.15. The Morgan fingerprint density at radius 2 is 1.91 bits per heavy atom. The van der Waals surface area contributed by atoms with Crippen LogP contribution in [0.2, 0.25) is 0 Å². The van der Waals surface area contributed by atoms with Crippen molar-refractivity contribution in [2.45, 2.75) is 6.54 Å². The van der Waals surface area contributed by atoms with Crippen LogP contribution in [0.4, 0.5) is 0 Å². The van der Waals surface area contributed by atoms with Crippen LogP contribution in [0.3, 0.4) is 0 Å². The molecule has 1 saturated heterocycles. The highest BCUT2D eigenvalue weighted by atomic mass is 32.1. The van der Waals surface area contributed by atoms with Gasteiger partial charge in [-0.15, -0.1) is 11.3 Å². The zero-order valence-electron chi connectivity index (χ0n) is 12.9. The van der Waals surface area contributed by atoms with Crippen molar-refractivity contribution < 1.29 is 4.74 Å². The van der Waals surface area contributed by atoms with Crippen LogP contribution < -0.4 is 5.43 Å². The number of rotatable bonds is 4. The second-order valence-corrected chi connectivity index (χ2v) is 6.69. The number of aromatic nitrogens is 1. The number of hydrogen-bond donors (Lipinski definition) is 1. The lowest BCUT2D eigenvalue weighted by atomic mass is 10.0. The fourth-order valence-electron chi connectivity index (χ4n) is 2.86. The molecule has 0 atom stereocenters. The molecule has 0 aliphatic carbocycles. The van der Waals surface area contributed by atoms with Crippen LogP contribution in [0.25, 0.3) is 21.2 Å². The van der Waals surface area contributed by atoms with Crippen molar-refractivity contribution in [3.8, 4) is 10.4 Å². The first-order valence-electron chi connectivity index (χ1n) is 7.89. The highest BCUT2D eigenvalue weighted by Gasteiger charge is 2.11. The zero-order chi connectivity index (χ0) is 15.5. The molecule has 4 nitrogen and oxygen atoms in total. The summed E-state index contributed by atoms with van der Waals surface area (Å²) in [5.74, 6) is 0. The van der Waals surface area contributed by atoms with Gasteiger partial charge < -0.3 is 4.74 Å². The Morgan fingerprint density at radius 1 is 1.09 bits per heavy atom. The van der Waals surface area contributed by atoms with Crippen LogP contribution in [0.1, 0.15) is 5.01 Å². The van der Waals surface area contributed by atoms with Crippen molar-refractivity contribution in [1.82, 2.24) is 15.4 Å². The van der Waals surface area contributed by atoms with E-state index in [-0.39, 0.29) is 0 Å². The number of thiazole rings is 1. The van der Waals surface area contributed by atoms with Gasteiger partial charge >= 0.3 is 0 Å². The molecule has 2 aromatic carbocycles. The average Bonchev–Trinajstić information content (AvgIpc) is 3.09. The Balaban J connectivity index is 1.52. The largest absolute Gasteiger partial charge is 0.379 e. The third kappa shape index (κ3) is 3.28. The molecule has 0 bridgehead atoms. The maximum atomic E-state index is 5.36. The van der Waals surface area contributed by atoms with Gasteiger partial charge in [-0.25, -0.2) is 15.4 Å². The molecule has 1 aliphatic heterocycles. The lowest BCUT2D eigenvalue weighted by Crippen LogP contribution is -2.45. The van der Waals surface area contributed by atoms with Crippen molar-refractivity contribution in [1.29, 1.82) is 0 Å². The van der Waals surface area contributed by atoms with E-state index >= 15 is 0 Å². The predicted octanol–water partition coefficient (Wildman–Crippen LogP) is 3.30. The van der Waals surface area contributed by atoms with Gasteiger partial charge in [0.2, 0.25) is 0 Å². The molecule has 0 spiro atoms. The highest BCUT2D eigenvalue weighted by Crippen LogP contribution is 2.32. The molecule has 3 aromatic rings. The van der Waals surface area contributed by atoms with E-state index in [1.807, 2.05) is 6.20 Å². The van der Waals surface area contributed by atoms with Crippen LogP contribution >= 0.6 is 11.3 Å². The maximum Gasteiger partial charge on any atom is 0.108 e. The molecule has 5 heteroatoms. The van der Waals surface area contributed by atoms with Gasteiger partial charge in [-0.05, 0) is 10.8 Å². The molecule has 0 saturated carbocycles. The van der Waals surface area contributed by atoms with Gasteiger partial charge in [0.05, 0.1) is 24.6 Å². The molecule has 4 rings (SSSR count). The zero-order valence-corrected chi connectivity index (χ0v) is 13.7. The Morgan fingerprint density at radius 3 is 2.83 bits per heavy atom. The molecule has 1 aliphatic rings. The molecule has 1 N–H and O–H groups in total. The van der Waals surface area contributed by atoms with Crippen LogP contribution in [0.5, 0.6) is 0 Å². The number of fused-ring (bicyclic) bond motifs is 1. The van der Waals surface area contributed by atoms with Gasteiger partial charge in [0.25, 0.3) is 0 Å². The first-order valence-corrected chi connectivity index (χ1v) is 8.71. The second kappa shape index (κ2) is 6.76. The summed E-state index contributed by atoms with van der Waals surface area (Å²) in [6, 6.07) is 14.9. The molecule has 118 valence electrons. The van der Waals surface area contributed by atoms with Crippen LogP contribution in [0.15, 0.2) is 48.7 Å². The second-order valence-electron chi connectivity index (χ2n) is 5.58. The minimum Gasteiger partial charge on any atom is -0.379 e. The number of hydrazine groups is 1. The molecule has 1 aromatic heterocycles. The molecule has 1 fully saturated rings. The van der Waals surface area contributed by atoms with E-state index < -0.39 is 0 Å². The number of morpholine rings is 1. The van der Waals surface area contributed by atoms with Gasteiger partial charge in [0.15, 0.2) is 0 Å². The van der Waals surface area contributed by atoms with Gasteiger partial charge in [-0.2, -0.15) is 0 Å². The predicted molar refractivity (Wildman–Crippen MR) is 94.3 cm³/mol. The fraction of sp³-hybridized carbons (Fsp3) is 0.278. The average molecular weight is 325 g/mol. The van der Waals surface area contributed by atoms with Gasteiger partial charge in [-0.1, -0.05) is 42.5 Å². The lowest BCUT2D eigenvalue weighted by molar-refractivity contribution is 0.0105.